The molecular formula is C27H18ClN3O. The lowest BCUT2D eigenvalue weighted by atomic mass is 9.67. The molecule has 0 N–H and O–H groups in total. The monoisotopic (exact) mass is 435 g/mol. The number of nitriles is 2. The van der Waals surface area contributed by atoms with Gasteiger partial charge in [0.25, 0.3) is 0 Å². The maximum absolute atomic E-state index is 13.9. The van der Waals surface area contributed by atoms with Gasteiger partial charge in [0.2, 0.25) is 0 Å². The SMILES string of the molecule is N#CC1(C#N)[C@H](c2ccccc2Cl)[C@H](C(=O)c2ccccc2)N2C=Cc3ccccc3[C@H]21. The molecule has 5 heteroatoms. The van der Waals surface area contributed by atoms with Crippen LogP contribution in [0.2, 0.25) is 5.02 Å². The number of halogens is 1. The molecule has 1 fully saturated rings. The Morgan fingerprint density at radius 3 is 2.19 bits per heavy atom. The molecule has 0 aliphatic carbocycles. The number of carbonyl (C=O) groups excluding carboxylic acids is 1. The predicted molar refractivity (Wildman–Crippen MR) is 122 cm³/mol. The summed E-state index contributed by atoms with van der Waals surface area (Å²) in [4.78, 5) is 15.8. The van der Waals surface area contributed by atoms with Gasteiger partial charge in [0.15, 0.2) is 11.2 Å². The fraction of sp³-hybridized carbons (Fsp3) is 0.148. The fourth-order valence-electron chi connectivity index (χ4n) is 5.14. The van der Waals surface area contributed by atoms with Gasteiger partial charge in [-0.25, -0.2) is 0 Å². The molecule has 0 spiro atoms. The molecule has 2 heterocycles. The molecule has 0 amide bonds. The number of Topliss-reactive ketones (excluding diaryl/α,β-unsaturated/α-hetero) is 1. The number of carbonyl (C=O) groups is 1. The summed E-state index contributed by atoms with van der Waals surface area (Å²) in [7, 11) is 0. The Hall–Kier alpha value is -3.86. The Labute approximate surface area is 191 Å². The van der Waals surface area contributed by atoms with Crippen molar-refractivity contribution in [2.45, 2.75) is 18.0 Å². The molecule has 32 heavy (non-hydrogen) atoms. The molecule has 1 saturated heterocycles. The summed E-state index contributed by atoms with van der Waals surface area (Å²) in [6.45, 7) is 0. The quantitative estimate of drug-likeness (QED) is 0.491. The second-order valence-corrected chi connectivity index (χ2v) is 8.47. The molecule has 0 bridgehead atoms. The van der Waals surface area contributed by atoms with Crippen LogP contribution >= 0.6 is 11.6 Å². The topological polar surface area (TPSA) is 67.9 Å². The highest BCUT2D eigenvalue weighted by Crippen LogP contribution is 2.60. The van der Waals surface area contributed by atoms with Crippen LogP contribution in [0.4, 0.5) is 0 Å². The predicted octanol–water partition coefficient (Wildman–Crippen LogP) is 5.75. The van der Waals surface area contributed by atoms with Crippen LogP contribution < -0.4 is 0 Å². The minimum Gasteiger partial charge on any atom is -0.357 e. The minimum atomic E-state index is -1.51. The number of benzene rings is 3. The zero-order valence-electron chi connectivity index (χ0n) is 17.0. The second kappa shape index (κ2) is 7.68. The van der Waals surface area contributed by atoms with Gasteiger partial charge in [-0.1, -0.05) is 84.4 Å². The van der Waals surface area contributed by atoms with Crippen molar-refractivity contribution in [3.63, 3.8) is 0 Å². The molecule has 5 rings (SSSR count). The average Bonchev–Trinajstić information content (AvgIpc) is 3.15. The number of ketones is 1. The Morgan fingerprint density at radius 2 is 1.50 bits per heavy atom. The van der Waals surface area contributed by atoms with Gasteiger partial charge in [0.1, 0.15) is 6.04 Å². The standard InChI is InChI=1S/C27H18ClN3O/c28-22-13-7-6-12-21(22)23-24(25(32)19-9-2-1-3-10-19)31-15-14-18-8-4-5-11-20(18)26(31)27(23,16-29)17-30/h1-15,23-24,26H/t23-,24-,26+/m1/s1. The van der Waals surface area contributed by atoms with Gasteiger partial charge in [0, 0.05) is 22.7 Å². The second-order valence-electron chi connectivity index (χ2n) is 8.06. The van der Waals surface area contributed by atoms with E-state index in [1.165, 1.54) is 0 Å². The van der Waals surface area contributed by atoms with Crippen LogP contribution in [0.25, 0.3) is 6.08 Å². The van der Waals surface area contributed by atoms with Crippen molar-refractivity contribution in [1.29, 1.82) is 10.5 Å². The number of nitrogens with zero attached hydrogens (tertiary/aromatic N) is 3. The summed E-state index contributed by atoms with van der Waals surface area (Å²) >= 11 is 6.59. The van der Waals surface area contributed by atoms with Gasteiger partial charge in [-0.05, 0) is 28.8 Å². The Kier molecular flexibility index (Phi) is 4.82. The third-order valence-electron chi connectivity index (χ3n) is 6.51. The molecule has 154 valence electrons. The first-order chi connectivity index (χ1) is 15.6. The van der Waals surface area contributed by atoms with Gasteiger partial charge < -0.3 is 4.90 Å². The van der Waals surface area contributed by atoms with Gasteiger partial charge in [-0.2, -0.15) is 10.5 Å². The van der Waals surface area contributed by atoms with E-state index in [9.17, 15) is 15.3 Å². The Balaban J connectivity index is 1.80. The van der Waals surface area contributed by atoms with Crippen molar-refractivity contribution in [1.82, 2.24) is 4.90 Å². The highest BCUT2D eigenvalue weighted by atomic mass is 35.5. The number of fused-ring (bicyclic) bond motifs is 3. The molecule has 2 aliphatic heterocycles. The molecule has 0 aromatic heterocycles. The van der Waals surface area contributed by atoms with E-state index in [-0.39, 0.29) is 5.78 Å². The largest absolute Gasteiger partial charge is 0.357 e. The summed E-state index contributed by atoms with van der Waals surface area (Å²) < 4.78 is 0. The third-order valence-corrected chi connectivity index (χ3v) is 6.86. The molecule has 3 aromatic rings. The van der Waals surface area contributed by atoms with Crippen molar-refractivity contribution >= 4 is 23.5 Å². The molecule has 4 nitrogen and oxygen atoms in total. The number of rotatable bonds is 3. The first kappa shape index (κ1) is 20.1. The van der Waals surface area contributed by atoms with Crippen molar-refractivity contribution < 1.29 is 4.79 Å². The van der Waals surface area contributed by atoms with E-state index in [4.69, 9.17) is 11.6 Å². The summed E-state index contributed by atoms with van der Waals surface area (Å²) in [6, 6.07) is 27.2. The zero-order chi connectivity index (χ0) is 22.3. The molecule has 0 saturated carbocycles. The summed E-state index contributed by atoms with van der Waals surface area (Å²) in [5.74, 6) is -0.878. The lowest BCUT2D eigenvalue weighted by Crippen LogP contribution is -2.37. The van der Waals surface area contributed by atoms with Crippen LogP contribution in [0.3, 0.4) is 0 Å². The van der Waals surface area contributed by atoms with Crippen LogP contribution in [0.15, 0.2) is 85.1 Å². The molecule has 3 atom stereocenters. The third kappa shape index (κ3) is 2.78. The van der Waals surface area contributed by atoms with Crippen LogP contribution in [0, 0.1) is 28.1 Å². The van der Waals surface area contributed by atoms with Crippen LogP contribution in [-0.2, 0) is 0 Å². The molecule has 3 aromatic carbocycles. The van der Waals surface area contributed by atoms with E-state index in [1.807, 2.05) is 71.8 Å². The minimum absolute atomic E-state index is 0.142. The van der Waals surface area contributed by atoms with Crippen LogP contribution in [0.1, 0.15) is 39.0 Å². The summed E-state index contributed by atoms with van der Waals surface area (Å²) in [5, 5.41) is 21.4. The highest BCUT2D eigenvalue weighted by molar-refractivity contribution is 6.31. The maximum atomic E-state index is 13.9. The van der Waals surface area contributed by atoms with Gasteiger partial charge >= 0.3 is 0 Å². The number of hydrogen-bond donors (Lipinski definition) is 0. The van der Waals surface area contributed by atoms with Crippen molar-refractivity contribution in [2.24, 2.45) is 5.41 Å². The smallest absolute Gasteiger partial charge is 0.185 e. The van der Waals surface area contributed by atoms with E-state index >= 15 is 0 Å². The summed E-state index contributed by atoms with van der Waals surface area (Å²) in [6.07, 6.45) is 3.78. The Bertz CT molecular complexity index is 1300. The van der Waals surface area contributed by atoms with Gasteiger partial charge in [-0.3, -0.25) is 4.79 Å². The lowest BCUT2D eigenvalue weighted by molar-refractivity contribution is 0.0875. The average molecular weight is 436 g/mol. The van der Waals surface area contributed by atoms with Crippen LogP contribution in [-0.4, -0.2) is 16.7 Å². The number of hydrogen-bond acceptors (Lipinski definition) is 4. The zero-order valence-corrected chi connectivity index (χ0v) is 17.8. The van der Waals surface area contributed by atoms with Gasteiger partial charge in [-0.15, -0.1) is 0 Å². The van der Waals surface area contributed by atoms with Crippen molar-refractivity contribution in [3.8, 4) is 12.1 Å². The highest BCUT2D eigenvalue weighted by Gasteiger charge is 2.64. The lowest BCUT2D eigenvalue weighted by Gasteiger charge is -2.34. The normalized spacial score (nSPS) is 22.3. The van der Waals surface area contributed by atoms with Crippen LogP contribution in [0.5, 0.6) is 0 Å². The van der Waals surface area contributed by atoms with E-state index in [0.29, 0.717) is 16.1 Å². The van der Waals surface area contributed by atoms with Crippen molar-refractivity contribution in [2.75, 3.05) is 0 Å². The van der Waals surface area contributed by atoms with E-state index in [0.717, 1.165) is 11.1 Å². The van der Waals surface area contributed by atoms with E-state index in [2.05, 4.69) is 12.1 Å². The van der Waals surface area contributed by atoms with Crippen molar-refractivity contribution in [3.05, 3.63) is 112 Å². The molecule has 2 aliphatic rings. The molecular weight excluding hydrogens is 418 g/mol. The first-order valence-electron chi connectivity index (χ1n) is 10.3. The van der Waals surface area contributed by atoms with E-state index in [1.54, 1.807) is 24.3 Å². The van der Waals surface area contributed by atoms with Gasteiger partial charge in [0.05, 0.1) is 18.2 Å². The van der Waals surface area contributed by atoms with E-state index < -0.39 is 23.4 Å². The summed E-state index contributed by atoms with van der Waals surface area (Å²) in [5.41, 5.74) is 1.45. The molecule has 0 radical (unpaired) electrons. The molecule has 0 unspecified atom stereocenters. The maximum Gasteiger partial charge on any atom is 0.185 e. The Morgan fingerprint density at radius 1 is 0.875 bits per heavy atom. The fourth-order valence-corrected chi connectivity index (χ4v) is 5.39. The first-order valence-corrected chi connectivity index (χ1v) is 10.7.